The second-order valence-electron chi connectivity index (χ2n) is 6.02. The zero-order valence-corrected chi connectivity index (χ0v) is 15.3. The molecule has 0 radical (unpaired) electrons. The third-order valence-electron chi connectivity index (χ3n) is 3.60. The minimum absolute atomic E-state index is 0.00470. The molecule has 2 unspecified atom stereocenters. The molecule has 2 atom stereocenters. The fourth-order valence-electron chi connectivity index (χ4n) is 2.19. The Labute approximate surface area is 165 Å². The first-order chi connectivity index (χ1) is 13.6. The lowest BCUT2D eigenvalue weighted by Gasteiger charge is -2.19. The largest absolute Gasteiger partial charge is 0.508 e. The van der Waals surface area contributed by atoms with E-state index in [2.05, 4.69) is 16.0 Å². The van der Waals surface area contributed by atoms with E-state index >= 15 is 0 Å². The van der Waals surface area contributed by atoms with Crippen LogP contribution < -0.4 is 21.7 Å². The van der Waals surface area contributed by atoms with Crippen molar-refractivity contribution in [3.8, 4) is 5.75 Å². The second-order valence-corrected chi connectivity index (χ2v) is 6.02. The Morgan fingerprint density at radius 2 is 1.48 bits per heavy atom. The number of rotatable bonds is 11. The van der Waals surface area contributed by atoms with Crippen LogP contribution in [0.5, 0.6) is 5.75 Å². The summed E-state index contributed by atoms with van der Waals surface area (Å²) in [6.07, 6.45) is -0.627. The molecular formula is C17H22N4O8. The molecule has 12 heteroatoms. The molecule has 12 nitrogen and oxygen atoms in total. The molecular weight excluding hydrogens is 388 g/mol. The number of hydrogen-bond acceptors (Lipinski definition) is 7. The maximum atomic E-state index is 12.2. The normalized spacial score (nSPS) is 12.3. The molecule has 29 heavy (non-hydrogen) atoms. The number of aromatic hydroxyl groups is 1. The van der Waals surface area contributed by atoms with Crippen molar-refractivity contribution >= 4 is 29.7 Å². The number of nitrogens with two attached hydrogens (primary N) is 1. The minimum atomic E-state index is -1.34. The van der Waals surface area contributed by atoms with E-state index in [-0.39, 0.29) is 12.2 Å². The molecule has 0 saturated heterocycles. The van der Waals surface area contributed by atoms with Crippen LogP contribution in [0.2, 0.25) is 0 Å². The summed E-state index contributed by atoms with van der Waals surface area (Å²) in [4.78, 5) is 57.1. The van der Waals surface area contributed by atoms with E-state index in [0.29, 0.717) is 5.56 Å². The topological polar surface area (TPSA) is 208 Å². The lowest BCUT2D eigenvalue weighted by atomic mass is 10.0. The van der Waals surface area contributed by atoms with Gasteiger partial charge in [0, 0.05) is 6.42 Å². The fraction of sp³-hybridized carbons (Fsp3) is 0.353. The van der Waals surface area contributed by atoms with Gasteiger partial charge in [0.2, 0.25) is 17.7 Å². The molecule has 8 N–H and O–H groups in total. The third-order valence-corrected chi connectivity index (χ3v) is 3.60. The molecule has 158 valence electrons. The molecule has 0 saturated carbocycles. The van der Waals surface area contributed by atoms with Crippen molar-refractivity contribution in [3.05, 3.63) is 29.8 Å². The first-order valence-electron chi connectivity index (χ1n) is 8.40. The Morgan fingerprint density at radius 3 is 2.03 bits per heavy atom. The number of hydrogen-bond donors (Lipinski definition) is 7. The van der Waals surface area contributed by atoms with Gasteiger partial charge in [0.05, 0.1) is 19.0 Å². The molecule has 1 rings (SSSR count). The number of benzene rings is 1. The number of amides is 3. The molecule has 0 aliphatic rings. The Hall–Kier alpha value is -3.67. The first kappa shape index (κ1) is 23.4. The van der Waals surface area contributed by atoms with E-state index in [1.165, 1.54) is 24.3 Å². The highest BCUT2D eigenvalue weighted by molar-refractivity contribution is 5.92. The number of nitrogens with one attached hydrogen (secondary N) is 3. The second kappa shape index (κ2) is 11.2. The summed E-state index contributed by atoms with van der Waals surface area (Å²) in [6, 6.07) is 3.31. The molecule has 0 aliphatic carbocycles. The molecule has 0 heterocycles. The van der Waals surface area contributed by atoms with Gasteiger partial charge in [0.15, 0.2) is 0 Å². The fourth-order valence-corrected chi connectivity index (χ4v) is 2.19. The minimum Gasteiger partial charge on any atom is -0.508 e. The first-order valence-corrected chi connectivity index (χ1v) is 8.40. The van der Waals surface area contributed by atoms with Crippen molar-refractivity contribution < 1.29 is 39.3 Å². The molecule has 3 amide bonds. The van der Waals surface area contributed by atoms with Crippen molar-refractivity contribution in [2.24, 2.45) is 5.73 Å². The average Bonchev–Trinajstić information content (AvgIpc) is 2.64. The summed E-state index contributed by atoms with van der Waals surface area (Å²) in [7, 11) is 0. The predicted molar refractivity (Wildman–Crippen MR) is 97.6 cm³/mol. The Bertz CT molecular complexity index is 765. The van der Waals surface area contributed by atoms with Gasteiger partial charge in [0.1, 0.15) is 18.3 Å². The maximum Gasteiger partial charge on any atom is 0.322 e. The van der Waals surface area contributed by atoms with Gasteiger partial charge in [-0.3, -0.25) is 24.0 Å². The van der Waals surface area contributed by atoms with Crippen molar-refractivity contribution in [2.45, 2.75) is 24.9 Å². The summed E-state index contributed by atoms with van der Waals surface area (Å²) in [5.74, 6) is -4.93. The van der Waals surface area contributed by atoms with Gasteiger partial charge in [0.25, 0.3) is 0 Å². The van der Waals surface area contributed by atoms with E-state index in [1.807, 2.05) is 0 Å². The van der Waals surface area contributed by atoms with E-state index in [0.717, 1.165) is 0 Å². The number of carbonyl (C=O) groups excluding carboxylic acids is 3. The Kier molecular flexibility index (Phi) is 9.05. The van der Waals surface area contributed by atoms with Gasteiger partial charge in [-0.2, -0.15) is 0 Å². The molecule has 0 aliphatic heterocycles. The average molecular weight is 410 g/mol. The Balaban J connectivity index is 2.71. The number of carbonyl (C=O) groups is 5. The summed E-state index contributed by atoms with van der Waals surface area (Å²) >= 11 is 0. The number of phenols is 1. The van der Waals surface area contributed by atoms with Crippen molar-refractivity contribution in [1.29, 1.82) is 0 Å². The predicted octanol–water partition coefficient (Wildman–Crippen LogP) is -2.46. The number of aliphatic carboxylic acids is 2. The summed E-state index contributed by atoms with van der Waals surface area (Å²) in [6.45, 7) is -1.22. The van der Waals surface area contributed by atoms with E-state index < -0.39 is 61.3 Å². The number of carboxylic acids is 2. The van der Waals surface area contributed by atoms with Crippen LogP contribution in [0.4, 0.5) is 0 Å². The number of phenolic OH excluding ortho intramolecular Hbond substituents is 1. The molecule has 0 spiro atoms. The van der Waals surface area contributed by atoms with Crippen LogP contribution in [0, 0.1) is 0 Å². The highest BCUT2D eigenvalue weighted by atomic mass is 16.4. The Morgan fingerprint density at radius 1 is 0.897 bits per heavy atom. The third kappa shape index (κ3) is 9.19. The van der Waals surface area contributed by atoms with Crippen molar-refractivity contribution in [2.75, 3.05) is 13.1 Å². The van der Waals surface area contributed by atoms with Crippen LogP contribution in [-0.2, 0) is 30.4 Å². The van der Waals surface area contributed by atoms with Crippen LogP contribution in [0.25, 0.3) is 0 Å². The lowest BCUT2D eigenvalue weighted by molar-refractivity contribution is -0.139. The van der Waals surface area contributed by atoms with Crippen LogP contribution in [0.1, 0.15) is 12.0 Å². The SMILES string of the molecule is NC(CC(=O)O)C(=O)NCC(=O)NC(Cc1ccc(O)cc1)C(=O)NCC(=O)O. The van der Waals surface area contributed by atoms with Crippen LogP contribution >= 0.6 is 0 Å². The van der Waals surface area contributed by atoms with Crippen LogP contribution in [0.15, 0.2) is 24.3 Å². The monoisotopic (exact) mass is 410 g/mol. The molecule has 1 aromatic rings. The van der Waals surface area contributed by atoms with Gasteiger partial charge in [-0.1, -0.05) is 12.1 Å². The van der Waals surface area contributed by atoms with Crippen LogP contribution in [-0.4, -0.2) is 70.2 Å². The van der Waals surface area contributed by atoms with Gasteiger partial charge in [-0.05, 0) is 17.7 Å². The van der Waals surface area contributed by atoms with Crippen molar-refractivity contribution in [1.82, 2.24) is 16.0 Å². The molecule has 0 aromatic heterocycles. The van der Waals surface area contributed by atoms with Gasteiger partial charge in [-0.15, -0.1) is 0 Å². The summed E-state index contributed by atoms with van der Waals surface area (Å²) < 4.78 is 0. The van der Waals surface area contributed by atoms with Crippen molar-refractivity contribution in [3.63, 3.8) is 0 Å². The van der Waals surface area contributed by atoms with E-state index in [1.54, 1.807) is 0 Å². The highest BCUT2D eigenvalue weighted by Crippen LogP contribution is 2.11. The smallest absolute Gasteiger partial charge is 0.322 e. The van der Waals surface area contributed by atoms with E-state index in [4.69, 9.17) is 15.9 Å². The van der Waals surface area contributed by atoms with Gasteiger partial charge in [-0.25, -0.2) is 0 Å². The highest BCUT2D eigenvalue weighted by Gasteiger charge is 2.23. The van der Waals surface area contributed by atoms with Crippen LogP contribution in [0.3, 0.4) is 0 Å². The number of carboxylic acid groups (broad SMARTS) is 2. The van der Waals surface area contributed by atoms with Gasteiger partial charge < -0.3 is 37.0 Å². The van der Waals surface area contributed by atoms with E-state index in [9.17, 15) is 29.1 Å². The molecule has 1 aromatic carbocycles. The zero-order chi connectivity index (χ0) is 22.0. The lowest BCUT2D eigenvalue weighted by Crippen LogP contribution is -2.52. The molecule has 0 bridgehead atoms. The molecule has 0 fully saturated rings. The quantitative estimate of drug-likeness (QED) is 0.206. The summed E-state index contributed by atoms with van der Waals surface area (Å²) in [5, 5.41) is 33.2. The summed E-state index contributed by atoms with van der Waals surface area (Å²) in [5.41, 5.74) is 5.95. The zero-order valence-electron chi connectivity index (χ0n) is 15.3. The van der Waals surface area contributed by atoms with Gasteiger partial charge >= 0.3 is 11.9 Å². The maximum absolute atomic E-state index is 12.2. The standard InChI is InChI=1S/C17H22N4O8/c18-11(6-14(24)25)16(28)19-7-13(23)21-12(17(29)20-8-15(26)27)5-9-1-3-10(22)4-2-9/h1-4,11-12,22H,5-8,18H2,(H,19,28)(H,20,29)(H,21,23)(H,24,25)(H,26,27).